The van der Waals surface area contributed by atoms with Crippen LogP contribution in [-0.2, 0) is 4.74 Å². The van der Waals surface area contributed by atoms with E-state index in [4.69, 9.17) is 20.3 Å². The second kappa shape index (κ2) is 4.85. The first kappa shape index (κ1) is 13.0. The van der Waals surface area contributed by atoms with Gasteiger partial charge in [0.15, 0.2) is 17.0 Å². The van der Waals surface area contributed by atoms with E-state index >= 15 is 0 Å². The molecule has 0 aliphatic carbocycles. The van der Waals surface area contributed by atoms with Gasteiger partial charge in [0.1, 0.15) is 12.3 Å². The van der Waals surface area contributed by atoms with Crippen molar-refractivity contribution in [3.8, 4) is 6.01 Å². The summed E-state index contributed by atoms with van der Waals surface area (Å²) in [6, 6.07) is 0.133. The van der Waals surface area contributed by atoms with E-state index < -0.39 is 18.4 Å². The highest BCUT2D eigenvalue weighted by Crippen LogP contribution is 2.31. The van der Waals surface area contributed by atoms with E-state index in [0.717, 1.165) is 0 Å². The molecule has 3 heterocycles. The fraction of sp³-hybridized carbons (Fsp3) is 0.545. The van der Waals surface area contributed by atoms with Gasteiger partial charge in [-0.3, -0.25) is 4.57 Å². The van der Waals surface area contributed by atoms with E-state index in [9.17, 15) is 5.11 Å². The highest BCUT2D eigenvalue weighted by molar-refractivity contribution is 5.81. The van der Waals surface area contributed by atoms with Gasteiger partial charge in [0.25, 0.3) is 0 Å². The van der Waals surface area contributed by atoms with Gasteiger partial charge in [0.05, 0.1) is 26.1 Å². The van der Waals surface area contributed by atoms with Gasteiger partial charge < -0.3 is 25.4 Å². The first-order valence-electron chi connectivity index (χ1n) is 6.12. The van der Waals surface area contributed by atoms with Gasteiger partial charge in [-0.25, -0.2) is 4.98 Å². The van der Waals surface area contributed by atoms with Crippen molar-refractivity contribution in [2.45, 2.75) is 24.9 Å². The number of nitrogens with two attached hydrogens (primary N) is 1. The number of hydrogen-bond donors (Lipinski definition) is 3. The minimum absolute atomic E-state index is 0.133. The number of rotatable bonds is 3. The largest absolute Gasteiger partial charge is 0.467 e. The molecule has 0 bridgehead atoms. The standard InChI is InChI=1S/C11H15N5O4/c1-19-11-14-9(12)8-10(15-11)16(4-13-8)7-2-5(18)6(3-17)20-7/h4-7,17-18H,2-3H2,1H3,(H2,12,14,15)/t5-,6+,7+/m0/s1. The van der Waals surface area contributed by atoms with Crippen molar-refractivity contribution in [2.75, 3.05) is 19.5 Å². The second-order valence-electron chi connectivity index (χ2n) is 4.53. The van der Waals surface area contributed by atoms with Gasteiger partial charge in [-0.2, -0.15) is 9.97 Å². The average molecular weight is 281 g/mol. The van der Waals surface area contributed by atoms with E-state index in [1.165, 1.54) is 13.4 Å². The molecule has 108 valence electrons. The van der Waals surface area contributed by atoms with Crippen LogP contribution in [-0.4, -0.2) is 55.7 Å². The molecule has 1 fully saturated rings. The first-order chi connectivity index (χ1) is 9.63. The molecule has 3 atom stereocenters. The maximum atomic E-state index is 9.78. The van der Waals surface area contributed by atoms with Crippen molar-refractivity contribution in [3.05, 3.63) is 6.33 Å². The van der Waals surface area contributed by atoms with Crippen molar-refractivity contribution >= 4 is 17.0 Å². The maximum Gasteiger partial charge on any atom is 0.320 e. The Labute approximate surface area is 114 Å². The molecule has 0 aromatic carbocycles. The molecule has 0 amide bonds. The molecule has 1 aliphatic heterocycles. The van der Waals surface area contributed by atoms with Gasteiger partial charge in [-0.1, -0.05) is 0 Å². The normalized spacial score (nSPS) is 26.2. The second-order valence-corrected chi connectivity index (χ2v) is 4.53. The fourth-order valence-corrected chi connectivity index (χ4v) is 2.27. The van der Waals surface area contributed by atoms with Crippen LogP contribution < -0.4 is 10.5 Å². The van der Waals surface area contributed by atoms with Crippen LogP contribution in [0.1, 0.15) is 12.6 Å². The topological polar surface area (TPSA) is 129 Å². The van der Waals surface area contributed by atoms with Crippen LogP contribution in [0.3, 0.4) is 0 Å². The lowest BCUT2D eigenvalue weighted by Gasteiger charge is -2.13. The van der Waals surface area contributed by atoms with E-state index in [2.05, 4.69) is 15.0 Å². The molecule has 1 saturated heterocycles. The molecule has 9 heteroatoms. The Hall–Kier alpha value is -1.97. The predicted molar refractivity (Wildman–Crippen MR) is 67.9 cm³/mol. The van der Waals surface area contributed by atoms with Crippen LogP contribution in [0.25, 0.3) is 11.2 Å². The van der Waals surface area contributed by atoms with Crippen molar-refractivity contribution in [1.29, 1.82) is 0 Å². The number of anilines is 1. The first-order valence-corrected chi connectivity index (χ1v) is 6.12. The number of fused-ring (bicyclic) bond motifs is 1. The van der Waals surface area contributed by atoms with Crippen LogP contribution in [0.5, 0.6) is 6.01 Å². The van der Waals surface area contributed by atoms with E-state index in [-0.39, 0.29) is 18.4 Å². The van der Waals surface area contributed by atoms with Gasteiger partial charge in [0, 0.05) is 6.42 Å². The summed E-state index contributed by atoms with van der Waals surface area (Å²) < 4.78 is 12.2. The molecule has 9 nitrogen and oxygen atoms in total. The summed E-state index contributed by atoms with van der Waals surface area (Å²) in [5.41, 5.74) is 6.69. The Balaban J connectivity index is 2.02. The zero-order valence-corrected chi connectivity index (χ0v) is 10.8. The molecule has 4 N–H and O–H groups in total. The van der Waals surface area contributed by atoms with Crippen molar-refractivity contribution < 1.29 is 19.7 Å². The van der Waals surface area contributed by atoms with Crippen LogP contribution in [0.2, 0.25) is 0 Å². The number of imidazole rings is 1. The highest BCUT2D eigenvalue weighted by atomic mass is 16.5. The lowest BCUT2D eigenvalue weighted by Crippen LogP contribution is -2.24. The number of aromatic nitrogens is 4. The third kappa shape index (κ3) is 1.96. The van der Waals surface area contributed by atoms with Gasteiger partial charge in [-0.15, -0.1) is 0 Å². The summed E-state index contributed by atoms with van der Waals surface area (Å²) in [6.07, 6.45) is 0.0445. The number of methoxy groups -OCH3 is 1. The molecule has 1 aliphatic rings. The molecule has 2 aromatic rings. The lowest BCUT2D eigenvalue weighted by atomic mass is 10.2. The monoisotopic (exact) mass is 281 g/mol. The summed E-state index contributed by atoms with van der Waals surface area (Å²) >= 11 is 0. The number of ether oxygens (including phenoxy) is 2. The third-order valence-electron chi connectivity index (χ3n) is 3.30. The average Bonchev–Trinajstić information content (AvgIpc) is 3.01. The van der Waals surface area contributed by atoms with Crippen LogP contribution in [0.15, 0.2) is 6.33 Å². The molecule has 0 unspecified atom stereocenters. The Kier molecular flexibility index (Phi) is 3.16. The molecule has 20 heavy (non-hydrogen) atoms. The smallest absolute Gasteiger partial charge is 0.320 e. The SMILES string of the molecule is COc1nc(N)c2ncn([C@H]3C[C@H](O)[C@@H](CO)O3)c2n1. The molecule has 0 radical (unpaired) electrons. The zero-order valence-electron chi connectivity index (χ0n) is 10.8. The third-order valence-corrected chi connectivity index (χ3v) is 3.30. The molecule has 0 saturated carbocycles. The summed E-state index contributed by atoms with van der Waals surface area (Å²) in [5, 5.41) is 18.9. The minimum atomic E-state index is -0.733. The lowest BCUT2D eigenvalue weighted by molar-refractivity contribution is -0.0432. The Morgan fingerprint density at radius 1 is 1.55 bits per heavy atom. The Morgan fingerprint density at radius 3 is 3.00 bits per heavy atom. The van der Waals surface area contributed by atoms with Gasteiger partial charge in [-0.05, 0) is 0 Å². The number of aliphatic hydroxyl groups is 2. The van der Waals surface area contributed by atoms with Crippen LogP contribution in [0, 0.1) is 0 Å². The molecular formula is C11H15N5O4. The minimum Gasteiger partial charge on any atom is -0.467 e. The summed E-state index contributed by atoms with van der Waals surface area (Å²) in [4.78, 5) is 12.3. The summed E-state index contributed by atoms with van der Waals surface area (Å²) in [5.74, 6) is 0.211. The number of aliphatic hydroxyl groups excluding tert-OH is 2. The van der Waals surface area contributed by atoms with Gasteiger partial charge in [0.2, 0.25) is 0 Å². The molecular weight excluding hydrogens is 266 g/mol. The van der Waals surface area contributed by atoms with Crippen LogP contribution in [0.4, 0.5) is 5.82 Å². The summed E-state index contributed by atoms with van der Waals surface area (Å²) in [6.45, 7) is -0.245. The van der Waals surface area contributed by atoms with Crippen LogP contribution >= 0.6 is 0 Å². The maximum absolute atomic E-state index is 9.78. The molecule has 3 rings (SSSR count). The number of nitrogen functional groups attached to an aromatic ring is 1. The fourth-order valence-electron chi connectivity index (χ4n) is 2.27. The number of nitrogens with zero attached hydrogens (tertiary/aromatic N) is 4. The van der Waals surface area contributed by atoms with Crippen molar-refractivity contribution in [2.24, 2.45) is 0 Å². The Bertz CT molecular complexity index is 631. The summed E-state index contributed by atoms with van der Waals surface area (Å²) in [7, 11) is 1.44. The molecule has 2 aromatic heterocycles. The van der Waals surface area contributed by atoms with Crippen molar-refractivity contribution in [3.63, 3.8) is 0 Å². The van der Waals surface area contributed by atoms with Gasteiger partial charge >= 0.3 is 6.01 Å². The highest BCUT2D eigenvalue weighted by Gasteiger charge is 2.35. The van der Waals surface area contributed by atoms with Crippen molar-refractivity contribution in [1.82, 2.24) is 19.5 Å². The Morgan fingerprint density at radius 2 is 2.35 bits per heavy atom. The van der Waals surface area contributed by atoms with E-state index in [1.54, 1.807) is 4.57 Å². The number of hydrogen-bond acceptors (Lipinski definition) is 8. The van der Waals surface area contributed by atoms with E-state index in [1.807, 2.05) is 0 Å². The zero-order chi connectivity index (χ0) is 14.3. The quantitative estimate of drug-likeness (QED) is 0.657. The van der Waals surface area contributed by atoms with E-state index in [0.29, 0.717) is 17.6 Å². The molecule has 0 spiro atoms. The predicted octanol–water partition coefficient (Wildman–Crippen LogP) is -0.942.